The molecule has 728 valence electrons. The summed E-state index contributed by atoms with van der Waals surface area (Å²) in [6, 6.07) is 54.8. The minimum absolute atomic E-state index is 0.0113. The van der Waals surface area contributed by atoms with E-state index in [4.69, 9.17) is 90.0 Å². The molecule has 0 aromatic heterocycles. The molecule has 0 amide bonds. The van der Waals surface area contributed by atoms with Gasteiger partial charge in [0.25, 0.3) is 0 Å². The summed E-state index contributed by atoms with van der Waals surface area (Å²) >= 11 is 0. The van der Waals surface area contributed by atoms with Crippen LogP contribution in [0.4, 0.5) is 0 Å². The zero-order valence-electron chi connectivity index (χ0n) is 78.4. The summed E-state index contributed by atoms with van der Waals surface area (Å²) in [5.74, 6) is -7.58. The minimum Gasteiger partial charge on any atom is -0.463 e. The summed E-state index contributed by atoms with van der Waals surface area (Å²) in [6.07, 6.45) is -24.4. The first-order valence-electron chi connectivity index (χ1n) is 47.3. The Morgan fingerprint density at radius 2 is 0.693 bits per heavy atom. The molecule has 30 heteroatoms. The smallest absolute Gasteiger partial charge is 0.338 e. The Bertz CT molecular complexity index is 5340. The van der Waals surface area contributed by atoms with Gasteiger partial charge in [-0.15, -0.1) is 0 Å². The second-order valence-electron chi connectivity index (χ2n) is 37.6. The third kappa shape index (κ3) is 23.8. The lowest BCUT2D eigenvalue weighted by Crippen LogP contribution is -2.68. The summed E-state index contributed by atoms with van der Waals surface area (Å²) in [4.78, 5) is 159. The highest BCUT2D eigenvalue weighted by Crippen LogP contribution is 2.68. The number of esters is 11. The number of ether oxygens (including phenoxy) is 19. The summed E-state index contributed by atoms with van der Waals surface area (Å²) in [5, 5.41) is 0. The molecule has 7 aromatic carbocycles. The number of carbonyl (C=O) groups is 11. The van der Waals surface area contributed by atoms with Crippen LogP contribution in [0.5, 0.6) is 0 Å². The van der Waals surface area contributed by atoms with Gasteiger partial charge < -0.3 is 90.0 Å². The van der Waals surface area contributed by atoms with Crippen LogP contribution >= 0.6 is 0 Å². The van der Waals surface area contributed by atoms with Gasteiger partial charge in [0.15, 0.2) is 80.1 Å². The number of allylic oxidation sites excluding steroid dienone is 1. The predicted octanol–water partition coefficient (Wildman–Crippen LogP) is 15.7. The predicted molar refractivity (Wildman–Crippen MR) is 488 cm³/mol. The summed E-state index contributed by atoms with van der Waals surface area (Å²) < 4.78 is 127. The Kier molecular flexibility index (Phi) is 32.8. The SMILES string of the molecule is CC(=O)OC[C@H]1O[C@@H](O[C@@H]2[C@@H](O[C@@H]3O[C@@H](COC(=O)c4ccccc4)[C@H](OC(=O)c4ccccc4)[C@H]3OC(=O)c3ccccc3)[C@H](C)O[C@@H](O[C@H]3[C@H](O[C@H]4CC[C@@]5(C)C(=CC[C@H]6[C@@H]7CC[C@H]([C@H](C)CCCC(C)C)[C@@]7(C)CC[C@@H]65)C4)O[C@H](COC(=O)c4ccccc4)[C@@H](OC(=O)c4ccccc4)[C@@H]3OC(=O)c3ccccc3)[C@@H]2OC(=O)c2ccccc2)[C@H](OC(C)=O)[C@@H](OC(C)=O)[C@@H]1OC(C)=O. The molecule has 8 aliphatic rings. The normalized spacial score (nSPS) is 31.1. The second-order valence-corrected chi connectivity index (χ2v) is 37.6. The van der Waals surface area contributed by atoms with Gasteiger partial charge in [0, 0.05) is 27.7 Å². The van der Waals surface area contributed by atoms with Gasteiger partial charge in [-0.1, -0.05) is 193 Å². The van der Waals surface area contributed by atoms with E-state index in [1.54, 1.807) is 140 Å². The van der Waals surface area contributed by atoms with E-state index in [1.165, 1.54) is 117 Å². The summed E-state index contributed by atoms with van der Waals surface area (Å²) in [6.45, 7) is 15.3. The topological polar surface area (TPSA) is 363 Å². The van der Waals surface area contributed by atoms with E-state index in [0.717, 1.165) is 47.0 Å². The Hall–Kier alpha value is -11.9. The van der Waals surface area contributed by atoms with Crippen molar-refractivity contribution in [2.75, 3.05) is 19.8 Å². The first kappa shape index (κ1) is 99.6. The quantitative estimate of drug-likeness (QED) is 0.0205. The Labute approximate surface area is 796 Å². The molecule has 4 saturated heterocycles. The maximum absolute atomic E-state index is 15.9. The first-order valence-corrected chi connectivity index (χ1v) is 47.3. The number of benzene rings is 7. The number of hydrogen-bond acceptors (Lipinski definition) is 30. The van der Waals surface area contributed by atoms with Crippen LogP contribution in [0, 0.1) is 46.3 Å². The van der Waals surface area contributed by atoms with E-state index in [1.807, 2.05) is 0 Å². The van der Waals surface area contributed by atoms with E-state index in [2.05, 4.69) is 40.7 Å². The van der Waals surface area contributed by atoms with Gasteiger partial charge in [-0.05, 0) is 190 Å². The number of fused-ring (bicyclic) bond motifs is 5. The Morgan fingerprint density at radius 3 is 1.13 bits per heavy atom. The first-order chi connectivity index (χ1) is 66.0. The van der Waals surface area contributed by atoms with Crippen molar-refractivity contribution in [3.8, 4) is 0 Å². The van der Waals surface area contributed by atoms with E-state index in [0.29, 0.717) is 54.8 Å². The fourth-order valence-corrected chi connectivity index (χ4v) is 21.5. The third-order valence-corrected chi connectivity index (χ3v) is 28.0. The molecule has 137 heavy (non-hydrogen) atoms. The zero-order chi connectivity index (χ0) is 96.8. The van der Waals surface area contributed by atoms with Crippen LogP contribution in [0.2, 0.25) is 0 Å². The van der Waals surface area contributed by atoms with Crippen LogP contribution in [0.15, 0.2) is 224 Å². The molecule has 0 radical (unpaired) electrons. The number of rotatable bonds is 34. The fourth-order valence-electron chi connectivity index (χ4n) is 21.5. The molecular weight excluding hydrogens is 1770 g/mol. The van der Waals surface area contributed by atoms with Crippen molar-refractivity contribution in [1.82, 2.24) is 0 Å². The van der Waals surface area contributed by atoms with Gasteiger partial charge >= 0.3 is 65.7 Å². The molecule has 7 aromatic rings. The molecule has 0 unspecified atom stereocenters. The maximum atomic E-state index is 15.9. The lowest BCUT2D eigenvalue weighted by Gasteiger charge is -2.58. The monoisotopic (exact) mass is 1880 g/mol. The van der Waals surface area contributed by atoms with Crippen molar-refractivity contribution in [2.24, 2.45) is 46.3 Å². The standard InChI is InChI=1S/C107H120O30/c1-61(2)33-32-34-62(3)78-51-52-79-77-50-49-75-57-76(53-55-106(75,9)80(77)54-56-107(78,79)10)126-103-94(90(132-99(116)72-43-26-15-27-44-72)86(130-97(114)70-39-22-13-23-40-70)82(127-103)59-120-95(112)68-35-18-11-19-36-68)137-102-93(134-101(118)74-47-30-17-31-48-74)88(136-105-92(125-67(8)111)89(124-66(7)110)85(123-65(6)109)81(128-105)58-119-64(5)108)84(63(4)122-102)135-104-91(133-100(117)73-45-28-16-29-46-73)87(131-98(115)71-41-24-14-25-42-71)83(129-104)60-121-96(113)69-37-20-12-21-38-69/h11-31,35-49,61-63,76-94,102-105H,32-34,50-60H2,1-10H3/t62-,63+,76+,77+,78-,79+,80+,81-,82-,83+,84+,85-,86-,87+,88-,89+,90+,91-,92-,93-,94-,102+,103-,104+,105+,106+,107-/m1/s1. The van der Waals surface area contributed by atoms with Crippen molar-refractivity contribution in [3.63, 3.8) is 0 Å². The minimum atomic E-state index is -2.24. The lowest BCUT2D eigenvalue weighted by atomic mass is 9.47. The highest BCUT2D eigenvalue weighted by Gasteiger charge is 2.64. The average Bonchev–Trinajstić information content (AvgIpc) is 1.58. The highest BCUT2D eigenvalue weighted by molar-refractivity contribution is 5.93. The van der Waals surface area contributed by atoms with Crippen molar-refractivity contribution < 1.29 is 143 Å². The maximum Gasteiger partial charge on any atom is 0.338 e. The fraction of sp³-hybridized carbons (Fsp3) is 0.486. The van der Waals surface area contributed by atoms with Gasteiger partial charge in [0.05, 0.1) is 51.2 Å². The molecule has 0 bridgehead atoms. The highest BCUT2D eigenvalue weighted by atomic mass is 16.8. The van der Waals surface area contributed by atoms with Crippen LogP contribution in [0.1, 0.15) is 212 Å². The van der Waals surface area contributed by atoms with Crippen LogP contribution in [-0.2, 0) is 109 Å². The van der Waals surface area contributed by atoms with E-state index < -0.39 is 208 Å². The summed E-state index contributed by atoms with van der Waals surface area (Å²) in [7, 11) is 0. The second kappa shape index (κ2) is 45.2. The molecule has 3 saturated carbocycles. The van der Waals surface area contributed by atoms with E-state index in [9.17, 15) is 38.4 Å². The van der Waals surface area contributed by atoms with Crippen LogP contribution in [0.25, 0.3) is 0 Å². The molecule has 0 N–H and O–H groups in total. The third-order valence-electron chi connectivity index (χ3n) is 28.0. The van der Waals surface area contributed by atoms with Crippen molar-refractivity contribution in [3.05, 3.63) is 263 Å². The largest absolute Gasteiger partial charge is 0.463 e. The van der Waals surface area contributed by atoms with Crippen LogP contribution in [-0.4, -0.2) is 208 Å². The molecule has 30 nitrogen and oxygen atoms in total. The van der Waals surface area contributed by atoms with Crippen molar-refractivity contribution >= 4 is 65.7 Å². The van der Waals surface area contributed by atoms with Gasteiger partial charge in [-0.25, -0.2) is 33.6 Å². The molecule has 0 spiro atoms. The number of hydrogen-bond donors (Lipinski definition) is 0. The van der Waals surface area contributed by atoms with E-state index >= 15 is 14.4 Å². The molecule has 7 fully saturated rings. The van der Waals surface area contributed by atoms with Gasteiger partial charge in [-0.3, -0.25) is 19.2 Å². The Balaban J connectivity index is 0.888. The van der Waals surface area contributed by atoms with Crippen molar-refractivity contribution in [2.45, 2.75) is 263 Å². The van der Waals surface area contributed by atoms with Crippen LogP contribution < -0.4 is 0 Å². The van der Waals surface area contributed by atoms with Crippen LogP contribution in [0.3, 0.4) is 0 Å². The zero-order valence-corrected chi connectivity index (χ0v) is 78.4. The van der Waals surface area contributed by atoms with Crippen molar-refractivity contribution in [1.29, 1.82) is 0 Å². The molecule has 4 aliphatic heterocycles. The summed E-state index contributed by atoms with van der Waals surface area (Å²) in [5.41, 5.74) is 1.24. The molecule has 15 rings (SSSR count). The van der Waals surface area contributed by atoms with Gasteiger partial charge in [-0.2, -0.15) is 0 Å². The van der Waals surface area contributed by atoms with E-state index in [-0.39, 0.29) is 49.8 Å². The number of carbonyl (C=O) groups excluding carboxylic acids is 11. The average molecular weight is 1890 g/mol. The molecule has 27 atom stereocenters. The molecular formula is C107H120O30. The van der Waals surface area contributed by atoms with Gasteiger partial charge in [0.1, 0.15) is 50.3 Å². The van der Waals surface area contributed by atoms with Gasteiger partial charge in [0.2, 0.25) is 0 Å². The molecule has 4 heterocycles. The Morgan fingerprint density at radius 1 is 0.343 bits per heavy atom. The lowest BCUT2D eigenvalue weighted by molar-refractivity contribution is -0.392. The molecule has 4 aliphatic carbocycles.